The first-order chi connectivity index (χ1) is 7.04. The topological polar surface area (TPSA) is 32.3 Å². The Morgan fingerprint density at radius 3 is 2.67 bits per heavy atom. The van der Waals surface area contributed by atoms with Crippen molar-refractivity contribution in [3.05, 3.63) is 23.8 Å². The van der Waals surface area contributed by atoms with Crippen LogP contribution in [0.15, 0.2) is 18.2 Å². The number of amides is 1. The Balaban J connectivity index is 2.92. The lowest BCUT2D eigenvalue weighted by Gasteiger charge is -2.17. The first kappa shape index (κ1) is 11.9. The first-order valence-electron chi connectivity index (χ1n) is 4.73. The average Bonchev–Trinajstić information content (AvgIpc) is 2.20. The maximum absolute atomic E-state index is 11.1. The number of carbonyl (C=O) groups excluding carboxylic acids is 1. The van der Waals surface area contributed by atoms with Crippen LogP contribution in [0, 0.1) is 6.92 Å². The molecule has 0 radical (unpaired) electrons. The molecule has 0 spiro atoms. The summed E-state index contributed by atoms with van der Waals surface area (Å²) in [7, 11) is 3.96. The molecule has 0 aliphatic heterocycles. The number of anilines is 2. The van der Waals surface area contributed by atoms with Crippen molar-refractivity contribution in [2.45, 2.75) is 6.92 Å². The molecule has 0 fully saturated rings. The van der Waals surface area contributed by atoms with E-state index in [4.69, 9.17) is 0 Å². The molecule has 0 atom stereocenters. The molecule has 0 bridgehead atoms. The van der Waals surface area contributed by atoms with Gasteiger partial charge in [-0.25, -0.2) is 0 Å². The molecule has 15 heavy (non-hydrogen) atoms. The molecular formula is C11H16N2OS. The number of hydrogen-bond acceptors (Lipinski definition) is 3. The fourth-order valence-electron chi connectivity index (χ4n) is 1.37. The lowest BCUT2D eigenvalue weighted by Crippen LogP contribution is -2.14. The summed E-state index contributed by atoms with van der Waals surface area (Å²) in [6.07, 6.45) is 0. The molecule has 82 valence electrons. The minimum atomic E-state index is -0.0908. The van der Waals surface area contributed by atoms with E-state index in [-0.39, 0.29) is 11.7 Å². The summed E-state index contributed by atoms with van der Waals surface area (Å²) < 4.78 is 0. The van der Waals surface area contributed by atoms with E-state index in [1.165, 1.54) is 5.56 Å². The number of aryl methyl sites for hydroxylation is 1. The number of carbonyl (C=O) groups is 1. The zero-order valence-corrected chi connectivity index (χ0v) is 10.1. The van der Waals surface area contributed by atoms with Gasteiger partial charge in [0.1, 0.15) is 0 Å². The van der Waals surface area contributed by atoms with Crippen LogP contribution in [0.1, 0.15) is 5.56 Å². The zero-order valence-electron chi connectivity index (χ0n) is 9.24. The van der Waals surface area contributed by atoms with E-state index < -0.39 is 0 Å². The Hall–Kier alpha value is -1.16. The second-order valence-corrected chi connectivity index (χ2v) is 3.92. The van der Waals surface area contributed by atoms with E-state index in [2.05, 4.69) is 17.9 Å². The number of nitrogens with zero attached hydrogens (tertiary/aromatic N) is 1. The van der Waals surface area contributed by atoms with Gasteiger partial charge in [-0.3, -0.25) is 4.79 Å². The van der Waals surface area contributed by atoms with Crippen molar-refractivity contribution in [2.75, 3.05) is 30.1 Å². The molecule has 0 unspecified atom stereocenters. The number of nitrogens with one attached hydrogen (secondary N) is 1. The molecule has 0 aliphatic carbocycles. The average molecular weight is 224 g/mol. The summed E-state index contributed by atoms with van der Waals surface area (Å²) >= 11 is 3.91. The summed E-state index contributed by atoms with van der Waals surface area (Å²) in [5, 5.41) is 2.77. The van der Waals surface area contributed by atoms with Crippen molar-refractivity contribution in [1.29, 1.82) is 0 Å². The van der Waals surface area contributed by atoms with Gasteiger partial charge in [-0.2, -0.15) is 12.6 Å². The Morgan fingerprint density at radius 2 is 2.13 bits per heavy atom. The van der Waals surface area contributed by atoms with Crippen LogP contribution in [0.4, 0.5) is 11.4 Å². The normalized spacial score (nSPS) is 9.87. The highest BCUT2D eigenvalue weighted by atomic mass is 32.1. The Bertz CT molecular complexity index is 364. The Labute approximate surface area is 95.9 Å². The minimum Gasteiger partial charge on any atom is -0.377 e. The Morgan fingerprint density at radius 1 is 1.47 bits per heavy atom. The maximum Gasteiger partial charge on any atom is 0.234 e. The molecule has 1 N–H and O–H groups in total. The predicted octanol–water partition coefficient (Wildman–Crippen LogP) is 1.93. The van der Waals surface area contributed by atoms with Crippen molar-refractivity contribution in [2.24, 2.45) is 0 Å². The molecule has 1 aromatic carbocycles. The molecule has 0 heterocycles. The number of rotatable bonds is 3. The molecule has 0 aliphatic rings. The van der Waals surface area contributed by atoms with Crippen LogP contribution in [0.3, 0.4) is 0 Å². The van der Waals surface area contributed by atoms with E-state index in [1.807, 2.05) is 44.1 Å². The van der Waals surface area contributed by atoms with Crippen LogP contribution in [0.2, 0.25) is 0 Å². The van der Waals surface area contributed by atoms with Crippen molar-refractivity contribution < 1.29 is 4.79 Å². The second kappa shape index (κ2) is 5.07. The first-order valence-corrected chi connectivity index (χ1v) is 5.36. The van der Waals surface area contributed by atoms with Crippen LogP contribution in [-0.2, 0) is 4.79 Å². The van der Waals surface area contributed by atoms with Crippen molar-refractivity contribution in [3.8, 4) is 0 Å². The van der Waals surface area contributed by atoms with Gasteiger partial charge in [-0.15, -0.1) is 0 Å². The molecule has 1 amide bonds. The lowest BCUT2D eigenvalue weighted by molar-refractivity contribution is -0.113. The smallest absolute Gasteiger partial charge is 0.234 e. The van der Waals surface area contributed by atoms with Gasteiger partial charge in [0.2, 0.25) is 5.91 Å². The Kier molecular flexibility index (Phi) is 4.03. The van der Waals surface area contributed by atoms with Gasteiger partial charge in [0.05, 0.1) is 5.75 Å². The van der Waals surface area contributed by atoms with Gasteiger partial charge in [0.25, 0.3) is 0 Å². The van der Waals surface area contributed by atoms with Gasteiger partial charge in [-0.05, 0) is 24.6 Å². The van der Waals surface area contributed by atoms with E-state index in [0.717, 1.165) is 11.4 Å². The summed E-state index contributed by atoms with van der Waals surface area (Å²) in [5.74, 6) is 0.109. The van der Waals surface area contributed by atoms with E-state index in [1.54, 1.807) is 0 Å². The third-order valence-electron chi connectivity index (χ3n) is 2.12. The fourth-order valence-corrected chi connectivity index (χ4v) is 1.45. The van der Waals surface area contributed by atoms with Gasteiger partial charge in [-0.1, -0.05) is 6.07 Å². The number of hydrogen-bond donors (Lipinski definition) is 2. The maximum atomic E-state index is 11.1. The molecule has 0 aromatic heterocycles. The monoisotopic (exact) mass is 224 g/mol. The van der Waals surface area contributed by atoms with Crippen molar-refractivity contribution >= 4 is 29.9 Å². The summed E-state index contributed by atoms with van der Waals surface area (Å²) in [6.45, 7) is 2.04. The quantitative estimate of drug-likeness (QED) is 0.769. The largest absolute Gasteiger partial charge is 0.377 e. The van der Waals surface area contributed by atoms with Crippen molar-refractivity contribution in [3.63, 3.8) is 0 Å². The standard InChI is InChI=1S/C11H16N2OS/c1-8-4-5-9(12-11(14)7-15)6-10(8)13(2)3/h4-6,15H,7H2,1-3H3,(H,12,14). The lowest BCUT2D eigenvalue weighted by atomic mass is 10.1. The molecule has 1 aromatic rings. The predicted molar refractivity (Wildman–Crippen MR) is 68.0 cm³/mol. The molecule has 1 rings (SSSR count). The third kappa shape index (κ3) is 3.16. The van der Waals surface area contributed by atoms with Crippen LogP contribution >= 0.6 is 12.6 Å². The summed E-state index contributed by atoms with van der Waals surface area (Å²) in [5.41, 5.74) is 3.10. The minimum absolute atomic E-state index is 0.0908. The number of benzene rings is 1. The van der Waals surface area contributed by atoms with Gasteiger partial charge in [0.15, 0.2) is 0 Å². The van der Waals surface area contributed by atoms with Crippen LogP contribution in [-0.4, -0.2) is 25.8 Å². The molecule has 3 nitrogen and oxygen atoms in total. The number of thiol groups is 1. The third-order valence-corrected chi connectivity index (χ3v) is 2.41. The summed E-state index contributed by atoms with van der Waals surface area (Å²) in [4.78, 5) is 13.2. The highest BCUT2D eigenvalue weighted by molar-refractivity contribution is 7.81. The van der Waals surface area contributed by atoms with Gasteiger partial charge < -0.3 is 10.2 Å². The van der Waals surface area contributed by atoms with Crippen molar-refractivity contribution in [1.82, 2.24) is 0 Å². The highest BCUT2D eigenvalue weighted by Crippen LogP contribution is 2.22. The molecule has 0 saturated heterocycles. The second-order valence-electron chi connectivity index (χ2n) is 3.60. The van der Waals surface area contributed by atoms with Crippen LogP contribution in [0.5, 0.6) is 0 Å². The fraction of sp³-hybridized carbons (Fsp3) is 0.364. The van der Waals surface area contributed by atoms with E-state index in [9.17, 15) is 4.79 Å². The van der Waals surface area contributed by atoms with Gasteiger partial charge >= 0.3 is 0 Å². The molecule has 0 saturated carbocycles. The molecular weight excluding hydrogens is 208 g/mol. The van der Waals surface area contributed by atoms with Gasteiger partial charge in [0, 0.05) is 25.5 Å². The van der Waals surface area contributed by atoms with E-state index >= 15 is 0 Å². The van der Waals surface area contributed by atoms with Crippen LogP contribution < -0.4 is 10.2 Å². The zero-order chi connectivity index (χ0) is 11.4. The highest BCUT2D eigenvalue weighted by Gasteiger charge is 2.04. The summed E-state index contributed by atoms with van der Waals surface area (Å²) in [6, 6.07) is 5.84. The van der Waals surface area contributed by atoms with E-state index in [0.29, 0.717) is 0 Å². The van der Waals surface area contributed by atoms with Crippen LogP contribution in [0.25, 0.3) is 0 Å². The SMILES string of the molecule is Cc1ccc(NC(=O)CS)cc1N(C)C. The molecule has 4 heteroatoms.